The lowest BCUT2D eigenvalue weighted by Crippen LogP contribution is -2.27. The van der Waals surface area contributed by atoms with Crippen LogP contribution in [0.5, 0.6) is 0 Å². The molecule has 1 aromatic carbocycles. The molecule has 2 rings (SSSR count). The Morgan fingerprint density at radius 1 is 1.40 bits per heavy atom. The van der Waals surface area contributed by atoms with E-state index in [2.05, 4.69) is 21.2 Å². The first-order chi connectivity index (χ1) is 9.47. The standard InChI is InChI=1S/C13H11BrClN3O2/c14-9-2-1-5-18(13(9)20)7-12(19)17-11-4-3-8(15)6-10(11)16/h1-6H,7,16H2,(H,17,19). The zero-order valence-corrected chi connectivity index (χ0v) is 12.6. The monoisotopic (exact) mass is 355 g/mol. The summed E-state index contributed by atoms with van der Waals surface area (Å²) in [5.41, 5.74) is 6.30. The van der Waals surface area contributed by atoms with Gasteiger partial charge >= 0.3 is 0 Å². The number of nitrogens with zero attached hydrogens (tertiary/aromatic N) is 1. The van der Waals surface area contributed by atoms with Gasteiger partial charge in [0.25, 0.3) is 5.56 Å². The molecule has 1 heterocycles. The maximum Gasteiger partial charge on any atom is 0.265 e. The van der Waals surface area contributed by atoms with E-state index in [9.17, 15) is 9.59 Å². The summed E-state index contributed by atoms with van der Waals surface area (Å²) in [6.07, 6.45) is 1.54. The molecule has 0 aliphatic carbocycles. The predicted molar refractivity (Wildman–Crippen MR) is 82.9 cm³/mol. The van der Waals surface area contributed by atoms with E-state index in [1.54, 1.807) is 30.3 Å². The minimum atomic E-state index is -0.348. The minimum absolute atomic E-state index is 0.0969. The highest BCUT2D eigenvalue weighted by Gasteiger charge is 2.08. The number of pyridine rings is 1. The van der Waals surface area contributed by atoms with E-state index in [0.717, 1.165) is 0 Å². The third-order valence-electron chi connectivity index (χ3n) is 2.58. The molecule has 0 saturated heterocycles. The Labute approximate surface area is 128 Å². The van der Waals surface area contributed by atoms with Gasteiger partial charge in [-0.15, -0.1) is 0 Å². The van der Waals surface area contributed by atoms with Crippen LogP contribution in [0.1, 0.15) is 0 Å². The van der Waals surface area contributed by atoms with Crippen molar-refractivity contribution in [3.8, 4) is 0 Å². The summed E-state index contributed by atoms with van der Waals surface area (Å²) in [5, 5.41) is 3.12. The summed E-state index contributed by atoms with van der Waals surface area (Å²) >= 11 is 8.90. The van der Waals surface area contributed by atoms with Gasteiger partial charge in [0.2, 0.25) is 5.91 Å². The number of nitrogens with two attached hydrogens (primary N) is 1. The van der Waals surface area contributed by atoms with Gasteiger partial charge in [0.15, 0.2) is 0 Å². The van der Waals surface area contributed by atoms with E-state index in [4.69, 9.17) is 17.3 Å². The maximum absolute atomic E-state index is 11.9. The number of nitrogens with one attached hydrogen (secondary N) is 1. The predicted octanol–water partition coefficient (Wildman–Crippen LogP) is 2.49. The number of carbonyl (C=O) groups is 1. The van der Waals surface area contributed by atoms with E-state index < -0.39 is 0 Å². The van der Waals surface area contributed by atoms with Crippen molar-refractivity contribution < 1.29 is 4.79 Å². The van der Waals surface area contributed by atoms with Crippen molar-refractivity contribution in [2.45, 2.75) is 6.54 Å². The van der Waals surface area contributed by atoms with E-state index >= 15 is 0 Å². The van der Waals surface area contributed by atoms with Crippen LogP contribution in [0.3, 0.4) is 0 Å². The number of benzene rings is 1. The highest BCUT2D eigenvalue weighted by atomic mass is 79.9. The SMILES string of the molecule is Nc1cc(Cl)ccc1NC(=O)Cn1cccc(Br)c1=O. The summed E-state index contributed by atoms with van der Waals surface area (Å²) in [5.74, 6) is -0.348. The Morgan fingerprint density at radius 3 is 2.85 bits per heavy atom. The van der Waals surface area contributed by atoms with Crippen molar-refractivity contribution in [2.24, 2.45) is 0 Å². The molecule has 0 fully saturated rings. The van der Waals surface area contributed by atoms with Gasteiger partial charge < -0.3 is 15.6 Å². The zero-order valence-electron chi connectivity index (χ0n) is 10.3. The number of carbonyl (C=O) groups excluding carboxylic acids is 1. The van der Waals surface area contributed by atoms with Gasteiger partial charge in [0, 0.05) is 11.2 Å². The van der Waals surface area contributed by atoms with E-state index in [1.165, 1.54) is 10.8 Å². The van der Waals surface area contributed by atoms with Gasteiger partial charge in [0.05, 0.1) is 15.8 Å². The first-order valence-electron chi connectivity index (χ1n) is 5.67. The third-order valence-corrected chi connectivity index (χ3v) is 3.41. The lowest BCUT2D eigenvalue weighted by molar-refractivity contribution is -0.116. The highest BCUT2D eigenvalue weighted by molar-refractivity contribution is 9.10. The molecule has 0 saturated carbocycles. The third kappa shape index (κ3) is 3.40. The second kappa shape index (κ2) is 6.11. The molecule has 0 unspecified atom stereocenters. The average Bonchev–Trinajstić information content (AvgIpc) is 2.38. The van der Waals surface area contributed by atoms with E-state index in [-0.39, 0.29) is 18.0 Å². The van der Waals surface area contributed by atoms with Gasteiger partial charge in [-0.1, -0.05) is 11.6 Å². The van der Waals surface area contributed by atoms with Crippen molar-refractivity contribution in [1.82, 2.24) is 4.57 Å². The second-order valence-electron chi connectivity index (χ2n) is 4.07. The van der Waals surface area contributed by atoms with Gasteiger partial charge in [-0.2, -0.15) is 0 Å². The fourth-order valence-electron chi connectivity index (χ4n) is 1.62. The quantitative estimate of drug-likeness (QED) is 0.830. The molecule has 0 radical (unpaired) electrons. The summed E-state index contributed by atoms with van der Waals surface area (Å²) < 4.78 is 1.70. The summed E-state index contributed by atoms with van der Waals surface area (Å²) in [4.78, 5) is 23.7. The normalized spacial score (nSPS) is 10.3. The number of amides is 1. The van der Waals surface area contributed by atoms with Crippen LogP contribution >= 0.6 is 27.5 Å². The number of nitrogen functional groups attached to an aromatic ring is 1. The van der Waals surface area contributed by atoms with E-state index in [0.29, 0.717) is 20.9 Å². The molecule has 0 atom stereocenters. The van der Waals surface area contributed by atoms with E-state index in [1.807, 2.05) is 0 Å². The Morgan fingerprint density at radius 2 is 2.15 bits per heavy atom. The molecule has 0 aliphatic heterocycles. The van der Waals surface area contributed by atoms with Crippen LogP contribution in [0.2, 0.25) is 5.02 Å². The molecule has 7 heteroatoms. The van der Waals surface area contributed by atoms with Crippen LogP contribution in [0.4, 0.5) is 11.4 Å². The molecule has 20 heavy (non-hydrogen) atoms. The zero-order chi connectivity index (χ0) is 14.7. The molecule has 0 aliphatic rings. The molecule has 104 valence electrons. The summed E-state index contributed by atoms with van der Waals surface area (Å²) in [6.45, 7) is -0.0969. The van der Waals surface area contributed by atoms with Crippen LogP contribution in [0.25, 0.3) is 0 Å². The molecule has 5 nitrogen and oxygen atoms in total. The largest absolute Gasteiger partial charge is 0.397 e. The van der Waals surface area contributed by atoms with Crippen LogP contribution in [0, 0.1) is 0 Å². The summed E-state index contributed by atoms with van der Waals surface area (Å²) in [6, 6.07) is 8.07. The van der Waals surface area contributed by atoms with Gasteiger partial charge in [-0.25, -0.2) is 0 Å². The highest BCUT2D eigenvalue weighted by Crippen LogP contribution is 2.22. The number of rotatable bonds is 3. The maximum atomic E-state index is 11.9. The Hall–Kier alpha value is -1.79. The van der Waals surface area contributed by atoms with Gasteiger partial charge in [-0.05, 0) is 46.3 Å². The molecule has 3 N–H and O–H groups in total. The van der Waals surface area contributed by atoms with Gasteiger partial charge in [0.1, 0.15) is 6.54 Å². The molecule has 1 aromatic heterocycles. The Balaban J connectivity index is 2.13. The van der Waals surface area contributed by atoms with Crippen molar-refractivity contribution in [2.75, 3.05) is 11.1 Å². The Bertz CT molecular complexity index is 715. The summed E-state index contributed by atoms with van der Waals surface area (Å²) in [7, 11) is 0. The number of halogens is 2. The smallest absolute Gasteiger partial charge is 0.265 e. The molecular formula is C13H11BrClN3O2. The van der Waals surface area contributed by atoms with Crippen LogP contribution in [-0.4, -0.2) is 10.5 Å². The molecule has 1 amide bonds. The minimum Gasteiger partial charge on any atom is -0.397 e. The van der Waals surface area contributed by atoms with Crippen LogP contribution in [0.15, 0.2) is 45.8 Å². The van der Waals surface area contributed by atoms with Crippen molar-refractivity contribution >= 4 is 44.8 Å². The first kappa shape index (κ1) is 14.6. The van der Waals surface area contributed by atoms with Gasteiger partial charge in [-0.3, -0.25) is 9.59 Å². The Kier molecular flexibility index (Phi) is 4.46. The number of aromatic nitrogens is 1. The first-order valence-corrected chi connectivity index (χ1v) is 6.84. The van der Waals surface area contributed by atoms with Crippen LogP contribution in [-0.2, 0) is 11.3 Å². The fraction of sp³-hybridized carbons (Fsp3) is 0.0769. The molecule has 0 spiro atoms. The molecule has 2 aromatic rings. The fourth-order valence-corrected chi connectivity index (χ4v) is 2.18. The lowest BCUT2D eigenvalue weighted by atomic mass is 10.2. The van der Waals surface area contributed by atoms with Crippen LogP contribution < -0.4 is 16.6 Å². The second-order valence-corrected chi connectivity index (χ2v) is 5.36. The average molecular weight is 357 g/mol. The lowest BCUT2D eigenvalue weighted by Gasteiger charge is -2.09. The topological polar surface area (TPSA) is 77.1 Å². The molecule has 0 bridgehead atoms. The number of hydrogen-bond acceptors (Lipinski definition) is 3. The van der Waals surface area contributed by atoms with Crippen molar-refractivity contribution in [3.63, 3.8) is 0 Å². The van der Waals surface area contributed by atoms with Crippen molar-refractivity contribution in [1.29, 1.82) is 0 Å². The molecular weight excluding hydrogens is 346 g/mol. The number of hydrogen-bond donors (Lipinski definition) is 2. The van der Waals surface area contributed by atoms with Crippen molar-refractivity contribution in [3.05, 3.63) is 56.4 Å². The number of anilines is 2.